The largest absolute Gasteiger partial charge is 0.495 e. The topological polar surface area (TPSA) is 70.2 Å². The van der Waals surface area contributed by atoms with Crippen molar-refractivity contribution in [3.8, 4) is 5.75 Å². The van der Waals surface area contributed by atoms with Gasteiger partial charge in [0.25, 0.3) is 0 Å². The maximum atomic E-state index is 13.2. The van der Waals surface area contributed by atoms with Crippen molar-refractivity contribution in [2.24, 2.45) is 5.92 Å². The van der Waals surface area contributed by atoms with Crippen molar-refractivity contribution in [2.45, 2.75) is 36.6 Å². The summed E-state index contributed by atoms with van der Waals surface area (Å²) in [7, 11) is -2.28. The number of ether oxygens (including phenoxy) is 1. The summed E-state index contributed by atoms with van der Waals surface area (Å²) < 4.78 is 33.2. The molecule has 29 heavy (non-hydrogen) atoms. The summed E-state index contributed by atoms with van der Waals surface area (Å²) in [5.74, 6) is 1.19. The van der Waals surface area contributed by atoms with Crippen LogP contribution in [0.1, 0.15) is 25.7 Å². The molecule has 0 N–H and O–H groups in total. The molecular formula is C20H28ClN3O4S. The van der Waals surface area contributed by atoms with Gasteiger partial charge in [-0.25, -0.2) is 8.42 Å². The van der Waals surface area contributed by atoms with Crippen molar-refractivity contribution >= 4 is 27.5 Å². The third kappa shape index (κ3) is 4.40. The van der Waals surface area contributed by atoms with Crippen molar-refractivity contribution in [1.82, 2.24) is 14.1 Å². The lowest BCUT2D eigenvalue weighted by Crippen LogP contribution is -2.44. The quantitative estimate of drug-likeness (QED) is 0.675. The number of carbonyl (C=O) groups excluding carboxylic acids is 1. The first-order valence-electron chi connectivity index (χ1n) is 10.3. The Bertz CT molecular complexity index is 874. The normalized spacial score (nSPS) is 24.7. The number of halogens is 1. The lowest BCUT2D eigenvalue weighted by Gasteiger charge is -2.26. The minimum absolute atomic E-state index is 0.0912. The van der Waals surface area contributed by atoms with Gasteiger partial charge in [0.05, 0.1) is 13.2 Å². The van der Waals surface area contributed by atoms with Crippen LogP contribution in [0.3, 0.4) is 0 Å². The molecule has 1 aliphatic carbocycles. The van der Waals surface area contributed by atoms with Gasteiger partial charge in [0.1, 0.15) is 10.6 Å². The van der Waals surface area contributed by atoms with E-state index in [0.717, 1.165) is 26.1 Å². The molecular weight excluding hydrogens is 414 g/mol. The molecule has 3 fully saturated rings. The summed E-state index contributed by atoms with van der Waals surface area (Å²) in [4.78, 5) is 17.1. The third-order valence-electron chi connectivity index (χ3n) is 6.12. The van der Waals surface area contributed by atoms with Crippen LogP contribution in [0.25, 0.3) is 0 Å². The van der Waals surface area contributed by atoms with Gasteiger partial charge in [-0.2, -0.15) is 4.31 Å². The molecule has 2 saturated heterocycles. The second-order valence-electron chi connectivity index (χ2n) is 8.12. The van der Waals surface area contributed by atoms with Gasteiger partial charge in [0.15, 0.2) is 0 Å². The highest BCUT2D eigenvalue weighted by molar-refractivity contribution is 7.89. The summed E-state index contributed by atoms with van der Waals surface area (Å²) in [6.45, 7) is 3.75. The van der Waals surface area contributed by atoms with Crippen LogP contribution >= 0.6 is 11.6 Å². The van der Waals surface area contributed by atoms with Crippen LogP contribution in [-0.2, 0) is 14.8 Å². The molecule has 1 amide bonds. The van der Waals surface area contributed by atoms with E-state index in [4.69, 9.17) is 16.3 Å². The molecule has 1 atom stereocenters. The minimum atomic E-state index is -3.73. The number of benzene rings is 1. The van der Waals surface area contributed by atoms with E-state index >= 15 is 0 Å². The monoisotopic (exact) mass is 441 g/mol. The molecule has 1 saturated carbocycles. The van der Waals surface area contributed by atoms with E-state index in [9.17, 15) is 13.2 Å². The minimum Gasteiger partial charge on any atom is -0.495 e. The van der Waals surface area contributed by atoms with E-state index in [1.165, 1.54) is 30.3 Å². The van der Waals surface area contributed by atoms with Crippen LogP contribution in [0, 0.1) is 5.92 Å². The Morgan fingerprint density at radius 2 is 1.90 bits per heavy atom. The smallest absolute Gasteiger partial charge is 0.246 e. The van der Waals surface area contributed by atoms with Crippen molar-refractivity contribution in [3.05, 3.63) is 23.2 Å². The third-order valence-corrected chi connectivity index (χ3v) is 8.27. The number of carbonyl (C=O) groups is 1. The second kappa shape index (κ2) is 8.41. The molecule has 9 heteroatoms. The number of methoxy groups -OCH3 is 1. The average Bonchev–Trinajstić information content (AvgIpc) is 3.49. The van der Waals surface area contributed by atoms with Gasteiger partial charge in [-0.05, 0) is 49.8 Å². The van der Waals surface area contributed by atoms with E-state index in [-0.39, 0.29) is 22.6 Å². The molecule has 4 rings (SSSR count). The molecule has 7 nitrogen and oxygen atoms in total. The Morgan fingerprint density at radius 1 is 1.10 bits per heavy atom. The molecule has 2 aliphatic heterocycles. The van der Waals surface area contributed by atoms with E-state index in [1.807, 2.05) is 4.90 Å². The number of nitrogens with zero attached hydrogens (tertiary/aromatic N) is 3. The molecule has 0 spiro atoms. The molecule has 0 radical (unpaired) electrons. The zero-order valence-corrected chi connectivity index (χ0v) is 18.3. The maximum Gasteiger partial charge on any atom is 0.246 e. The number of likely N-dealkylation sites (tertiary alicyclic amines) is 1. The summed E-state index contributed by atoms with van der Waals surface area (Å²) in [5.41, 5.74) is 0. The molecule has 3 aliphatic rings. The van der Waals surface area contributed by atoms with Crippen molar-refractivity contribution < 1.29 is 17.9 Å². The molecule has 1 aromatic rings. The fourth-order valence-corrected chi connectivity index (χ4v) is 6.20. The Morgan fingerprint density at radius 3 is 2.62 bits per heavy atom. The van der Waals surface area contributed by atoms with E-state index in [0.29, 0.717) is 37.0 Å². The Labute approximate surface area is 177 Å². The number of hydrogen-bond acceptors (Lipinski definition) is 5. The first-order chi connectivity index (χ1) is 13.9. The van der Waals surface area contributed by atoms with Crippen molar-refractivity contribution in [3.63, 3.8) is 0 Å². The van der Waals surface area contributed by atoms with E-state index < -0.39 is 10.0 Å². The van der Waals surface area contributed by atoms with Gasteiger partial charge < -0.3 is 9.64 Å². The fourth-order valence-electron chi connectivity index (χ4n) is 4.31. The lowest BCUT2D eigenvalue weighted by molar-refractivity contribution is -0.132. The van der Waals surface area contributed by atoms with Gasteiger partial charge in [-0.3, -0.25) is 9.69 Å². The van der Waals surface area contributed by atoms with Gasteiger partial charge >= 0.3 is 0 Å². The number of rotatable bonds is 6. The molecule has 1 aromatic carbocycles. The van der Waals surface area contributed by atoms with Crippen LogP contribution < -0.4 is 4.74 Å². The average molecular weight is 442 g/mol. The zero-order chi connectivity index (χ0) is 20.6. The van der Waals surface area contributed by atoms with Gasteiger partial charge in [-0.1, -0.05) is 11.6 Å². The van der Waals surface area contributed by atoms with Crippen molar-refractivity contribution in [1.29, 1.82) is 0 Å². The van der Waals surface area contributed by atoms with Crippen LogP contribution in [0.2, 0.25) is 5.02 Å². The predicted molar refractivity (Wildman–Crippen MR) is 111 cm³/mol. The second-order valence-corrected chi connectivity index (χ2v) is 10.5. The summed E-state index contributed by atoms with van der Waals surface area (Å²) >= 11 is 6.04. The van der Waals surface area contributed by atoms with Crippen LogP contribution in [0.5, 0.6) is 5.75 Å². The van der Waals surface area contributed by atoms with Crippen LogP contribution in [0.4, 0.5) is 0 Å². The fraction of sp³-hybridized carbons (Fsp3) is 0.650. The Balaban J connectivity index is 1.45. The summed E-state index contributed by atoms with van der Waals surface area (Å²) in [5, 5.41) is 0.355. The highest BCUT2D eigenvalue weighted by Gasteiger charge is 2.39. The standard InChI is InChI=1S/C20H28ClN3O4S/c1-28-18-6-5-16(21)13-19(18)29(26,27)24-9-2-8-22(11-12-24)17-7-10-23(20(17)25)14-15-3-4-15/h5-6,13,15,17H,2-4,7-12,14H2,1H3/t17-/m1/s1. The number of sulfonamides is 1. The number of hydrogen-bond donors (Lipinski definition) is 0. The van der Waals surface area contributed by atoms with E-state index in [2.05, 4.69) is 4.90 Å². The molecule has 0 aromatic heterocycles. The first kappa shape index (κ1) is 20.9. The molecule has 160 valence electrons. The van der Waals surface area contributed by atoms with Gasteiger partial charge in [-0.15, -0.1) is 0 Å². The number of amides is 1. The summed E-state index contributed by atoms with van der Waals surface area (Å²) in [6.07, 6.45) is 3.99. The summed E-state index contributed by atoms with van der Waals surface area (Å²) in [6, 6.07) is 4.51. The van der Waals surface area contributed by atoms with Crippen LogP contribution in [-0.4, -0.2) is 80.9 Å². The highest BCUT2D eigenvalue weighted by Crippen LogP contribution is 2.33. The molecule has 0 bridgehead atoms. The van der Waals surface area contributed by atoms with Crippen molar-refractivity contribution in [2.75, 3.05) is 46.4 Å². The highest BCUT2D eigenvalue weighted by atomic mass is 35.5. The molecule has 0 unspecified atom stereocenters. The van der Waals surface area contributed by atoms with Gasteiger partial charge in [0, 0.05) is 44.3 Å². The molecule has 2 heterocycles. The predicted octanol–water partition coefficient (Wildman–Crippen LogP) is 2.06. The lowest BCUT2D eigenvalue weighted by atomic mass is 10.2. The zero-order valence-electron chi connectivity index (χ0n) is 16.7. The van der Waals surface area contributed by atoms with Gasteiger partial charge in [0.2, 0.25) is 15.9 Å². The SMILES string of the molecule is COc1ccc(Cl)cc1S(=O)(=O)N1CCCN([C@@H]2CCN(CC3CC3)C2=O)CC1. The first-order valence-corrected chi connectivity index (χ1v) is 12.1. The maximum absolute atomic E-state index is 13.2. The van der Waals surface area contributed by atoms with Crippen LogP contribution in [0.15, 0.2) is 23.1 Å². The Hall–Kier alpha value is -1.35. The Kier molecular flexibility index (Phi) is 6.06. The van der Waals surface area contributed by atoms with E-state index in [1.54, 1.807) is 12.1 Å².